The summed E-state index contributed by atoms with van der Waals surface area (Å²) >= 11 is 0. The van der Waals surface area contributed by atoms with Crippen molar-refractivity contribution in [2.24, 2.45) is 0 Å². The van der Waals surface area contributed by atoms with Crippen LogP contribution in [0.3, 0.4) is 0 Å². The van der Waals surface area contributed by atoms with E-state index >= 15 is 0 Å². The van der Waals surface area contributed by atoms with Crippen molar-refractivity contribution >= 4 is 22.7 Å². The summed E-state index contributed by atoms with van der Waals surface area (Å²) in [6.45, 7) is 9.64. The Hall–Kier alpha value is -2.27. The Kier molecular flexibility index (Phi) is 5.72. The zero-order valence-corrected chi connectivity index (χ0v) is 17.3. The third kappa shape index (κ3) is 3.81. The van der Waals surface area contributed by atoms with Crippen LogP contribution in [-0.2, 0) is 0 Å². The van der Waals surface area contributed by atoms with Crippen LogP contribution in [0.4, 0.5) is 5.69 Å². The fourth-order valence-electron chi connectivity index (χ4n) is 4.25. The van der Waals surface area contributed by atoms with Gasteiger partial charge in [0.1, 0.15) is 0 Å². The van der Waals surface area contributed by atoms with Crippen molar-refractivity contribution in [3.63, 3.8) is 0 Å². The molecule has 3 heterocycles. The van der Waals surface area contributed by atoms with Gasteiger partial charge < -0.3 is 19.3 Å². The molecule has 0 N–H and O–H groups in total. The van der Waals surface area contributed by atoms with Crippen molar-refractivity contribution < 1.29 is 9.47 Å². The fraction of sp³-hybridized carbons (Fsp3) is 0.522. The molecule has 1 aromatic carbocycles. The highest BCUT2D eigenvalue weighted by Gasteiger charge is 2.21. The van der Waals surface area contributed by atoms with Gasteiger partial charge in [0.15, 0.2) is 11.5 Å². The molecule has 0 unspecified atom stereocenters. The van der Waals surface area contributed by atoms with Crippen LogP contribution >= 0.6 is 0 Å². The van der Waals surface area contributed by atoms with E-state index in [0.717, 1.165) is 47.5 Å². The van der Waals surface area contributed by atoms with Crippen molar-refractivity contribution in [1.82, 2.24) is 9.88 Å². The first-order valence-electron chi connectivity index (χ1n) is 10.5. The third-order valence-corrected chi connectivity index (χ3v) is 5.74. The smallest absolute Gasteiger partial charge is 0.163 e. The maximum Gasteiger partial charge on any atom is 0.163 e. The number of anilines is 1. The summed E-state index contributed by atoms with van der Waals surface area (Å²) in [5.41, 5.74) is 3.35. The second kappa shape index (κ2) is 8.39. The zero-order chi connectivity index (χ0) is 19.5. The summed E-state index contributed by atoms with van der Waals surface area (Å²) in [6, 6.07) is 4.54. The van der Waals surface area contributed by atoms with Gasteiger partial charge in [-0.25, -0.2) is 0 Å². The Bertz CT molecular complexity index is 857. The highest BCUT2D eigenvalue weighted by atomic mass is 16.5. The molecule has 2 aromatic rings. The van der Waals surface area contributed by atoms with Crippen molar-refractivity contribution in [2.45, 2.75) is 39.2 Å². The SMILES string of the molecule is COc1cc2c3c(cnc2cc1OCCCN1CCCC1)C=CCN3C(C)C. The Morgan fingerprint density at radius 2 is 1.96 bits per heavy atom. The van der Waals surface area contributed by atoms with E-state index in [-0.39, 0.29) is 0 Å². The van der Waals surface area contributed by atoms with Crippen molar-refractivity contribution in [3.05, 3.63) is 30.0 Å². The number of hydrogen-bond donors (Lipinski definition) is 0. The van der Waals surface area contributed by atoms with Crippen molar-refractivity contribution in [2.75, 3.05) is 44.8 Å². The number of benzene rings is 1. The topological polar surface area (TPSA) is 37.8 Å². The maximum atomic E-state index is 6.10. The molecule has 150 valence electrons. The Labute approximate surface area is 167 Å². The lowest BCUT2D eigenvalue weighted by atomic mass is 10.0. The molecular weight excluding hydrogens is 350 g/mol. The number of hydrogen-bond acceptors (Lipinski definition) is 5. The fourth-order valence-corrected chi connectivity index (χ4v) is 4.25. The molecule has 0 atom stereocenters. The number of methoxy groups -OCH3 is 1. The van der Waals surface area contributed by atoms with Gasteiger partial charge in [0, 0.05) is 42.3 Å². The predicted octanol–water partition coefficient (Wildman–Crippen LogP) is 4.35. The van der Waals surface area contributed by atoms with E-state index < -0.39 is 0 Å². The number of likely N-dealkylation sites (tertiary alicyclic amines) is 1. The largest absolute Gasteiger partial charge is 0.493 e. The average Bonchev–Trinajstić information content (AvgIpc) is 3.23. The van der Waals surface area contributed by atoms with Gasteiger partial charge in [-0.2, -0.15) is 0 Å². The van der Waals surface area contributed by atoms with E-state index in [1.165, 1.54) is 31.6 Å². The lowest BCUT2D eigenvalue weighted by Gasteiger charge is -2.33. The van der Waals surface area contributed by atoms with Crippen molar-refractivity contribution in [3.8, 4) is 11.5 Å². The summed E-state index contributed by atoms with van der Waals surface area (Å²) in [5, 5.41) is 1.12. The molecule has 2 aliphatic heterocycles. The van der Waals surface area contributed by atoms with E-state index in [0.29, 0.717) is 12.6 Å². The van der Waals surface area contributed by atoms with Gasteiger partial charge >= 0.3 is 0 Å². The summed E-state index contributed by atoms with van der Waals surface area (Å²) in [5.74, 6) is 1.56. The van der Waals surface area contributed by atoms with Crippen LogP contribution in [-0.4, -0.2) is 55.8 Å². The van der Waals surface area contributed by atoms with Gasteiger partial charge in [-0.3, -0.25) is 4.98 Å². The molecule has 5 heteroatoms. The highest BCUT2D eigenvalue weighted by molar-refractivity contribution is 5.98. The number of fused-ring (bicyclic) bond motifs is 3. The van der Waals surface area contributed by atoms with Gasteiger partial charge in [0.25, 0.3) is 0 Å². The molecule has 1 fully saturated rings. The minimum Gasteiger partial charge on any atom is -0.493 e. The van der Waals surface area contributed by atoms with Crippen LogP contribution in [0.15, 0.2) is 24.4 Å². The van der Waals surface area contributed by atoms with E-state index in [1.807, 2.05) is 12.3 Å². The molecule has 0 aliphatic carbocycles. The van der Waals surface area contributed by atoms with Crippen molar-refractivity contribution in [1.29, 1.82) is 0 Å². The first-order chi connectivity index (χ1) is 13.7. The van der Waals surface area contributed by atoms with Gasteiger partial charge in [-0.1, -0.05) is 12.2 Å². The molecular formula is C23H31N3O2. The summed E-state index contributed by atoms with van der Waals surface area (Å²) in [6.07, 6.45) is 10.0. The molecule has 1 aromatic heterocycles. The van der Waals surface area contributed by atoms with Crippen LogP contribution in [0, 0.1) is 0 Å². The average molecular weight is 382 g/mol. The number of nitrogens with zero attached hydrogens (tertiary/aromatic N) is 3. The zero-order valence-electron chi connectivity index (χ0n) is 17.3. The summed E-state index contributed by atoms with van der Waals surface area (Å²) in [4.78, 5) is 9.62. The van der Waals surface area contributed by atoms with Crippen LogP contribution in [0.25, 0.3) is 17.0 Å². The second-order valence-corrected chi connectivity index (χ2v) is 7.98. The van der Waals surface area contributed by atoms with Gasteiger partial charge in [-0.05, 0) is 52.3 Å². The van der Waals surface area contributed by atoms with Gasteiger partial charge in [0.2, 0.25) is 0 Å². The highest BCUT2D eigenvalue weighted by Crippen LogP contribution is 2.39. The van der Waals surface area contributed by atoms with Gasteiger partial charge in [0.05, 0.1) is 24.9 Å². The lowest BCUT2D eigenvalue weighted by Crippen LogP contribution is -2.33. The van der Waals surface area contributed by atoms with E-state index in [9.17, 15) is 0 Å². The minimum atomic E-state index is 0.418. The lowest BCUT2D eigenvalue weighted by molar-refractivity contribution is 0.254. The maximum absolute atomic E-state index is 6.10. The van der Waals surface area contributed by atoms with E-state index in [2.05, 4.69) is 41.9 Å². The van der Waals surface area contributed by atoms with Crippen LogP contribution in [0.2, 0.25) is 0 Å². The summed E-state index contributed by atoms with van der Waals surface area (Å²) < 4.78 is 11.8. The van der Waals surface area contributed by atoms with Gasteiger partial charge in [-0.15, -0.1) is 0 Å². The number of rotatable bonds is 7. The number of ether oxygens (including phenoxy) is 2. The van der Waals surface area contributed by atoms with Crippen LogP contribution < -0.4 is 14.4 Å². The molecule has 2 aliphatic rings. The standard InChI is InChI=1S/C23H31N3O2/c1-17(2)26-12-6-8-18-16-24-20-15-22(21(27-3)14-19(20)23(18)26)28-13-7-11-25-9-4-5-10-25/h6,8,14-17H,4-5,7,9-13H2,1-3H3. The molecule has 0 saturated carbocycles. The quantitative estimate of drug-likeness (QED) is 0.667. The minimum absolute atomic E-state index is 0.418. The second-order valence-electron chi connectivity index (χ2n) is 7.98. The molecule has 0 radical (unpaired) electrons. The molecule has 1 saturated heterocycles. The summed E-state index contributed by atoms with van der Waals surface area (Å²) in [7, 11) is 1.71. The Morgan fingerprint density at radius 1 is 1.14 bits per heavy atom. The molecule has 0 bridgehead atoms. The van der Waals surface area contributed by atoms with E-state index in [1.54, 1.807) is 7.11 Å². The van der Waals surface area contributed by atoms with Crippen LogP contribution in [0.5, 0.6) is 11.5 Å². The molecule has 0 spiro atoms. The van der Waals surface area contributed by atoms with Crippen LogP contribution in [0.1, 0.15) is 38.7 Å². The molecule has 28 heavy (non-hydrogen) atoms. The Balaban J connectivity index is 1.58. The van der Waals surface area contributed by atoms with E-state index in [4.69, 9.17) is 14.5 Å². The Morgan fingerprint density at radius 3 is 2.71 bits per heavy atom. The first-order valence-corrected chi connectivity index (χ1v) is 10.5. The predicted molar refractivity (Wildman–Crippen MR) is 116 cm³/mol. The number of aromatic nitrogens is 1. The third-order valence-electron chi connectivity index (χ3n) is 5.74. The molecule has 4 rings (SSSR count). The first kappa shape index (κ1) is 19.1. The normalized spacial score (nSPS) is 16.8. The number of pyridine rings is 1. The molecule has 5 nitrogen and oxygen atoms in total. The monoisotopic (exact) mass is 381 g/mol. The molecule has 0 amide bonds.